The Morgan fingerprint density at radius 3 is 2.63 bits per heavy atom. The Labute approximate surface area is 110 Å². The first-order valence-corrected chi connectivity index (χ1v) is 7.06. The summed E-state index contributed by atoms with van der Waals surface area (Å²) in [5, 5.41) is 5.66. The fourth-order valence-electron chi connectivity index (χ4n) is 1.95. The Hall–Kier alpha value is -1.99. The van der Waals surface area contributed by atoms with E-state index in [0.717, 1.165) is 19.2 Å². The van der Waals surface area contributed by atoms with Crippen LogP contribution < -0.4 is 0 Å². The molecule has 0 N–H and O–H groups in total. The number of hydrogen-bond donors (Lipinski definition) is 0. The molecular formula is C12H12N4O2S. The van der Waals surface area contributed by atoms with Crippen molar-refractivity contribution in [1.82, 2.24) is 18.5 Å². The van der Waals surface area contributed by atoms with E-state index in [9.17, 15) is 8.42 Å². The van der Waals surface area contributed by atoms with E-state index in [1.54, 1.807) is 6.20 Å². The van der Waals surface area contributed by atoms with E-state index in [4.69, 9.17) is 0 Å². The van der Waals surface area contributed by atoms with Gasteiger partial charge in [0.2, 0.25) is 0 Å². The topological polar surface area (TPSA) is 68.1 Å². The van der Waals surface area contributed by atoms with Crippen molar-refractivity contribution in [3.05, 3.63) is 36.7 Å². The first-order chi connectivity index (χ1) is 9.01. The quantitative estimate of drug-likeness (QED) is 0.706. The summed E-state index contributed by atoms with van der Waals surface area (Å²) in [5.41, 5.74) is 1.07. The fraction of sp³-hybridized carbons (Fsp3) is 0.167. The molecule has 0 saturated heterocycles. The monoisotopic (exact) mass is 276 g/mol. The first kappa shape index (κ1) is 12.1. The lowest BCUT2D eigenvalue weighted by Crippen LogP contribution is -2.29. The lowest BCUT2D eigenvalue weighted by Gasteiger charge is -2.12. The van der Waals surface area contributed by atoms with Gasteiger partial charge in [-0.05, 0) is 0 Å². The number of rotatable bonds is 2. The predicted octanol–water partition coefficient (Wildman–Crippen LogP) is 1.24. The van der Waals surface area contributed by atoms with E-state index in [1.807, 2.05) is 24.3 Å². The summed E-state index contributed by atoms with van der Waals surface area (Å²) in [7, 11) is -0.706. The van der Waals surface area contributed by atoms with Crippen LogP contribution in [0.2, 0.25) is 0 Å². The maximum absolute atomic E-state index is 12.2. The zero-order chi connectivity index (χ0) is 13.6. The molecule has 0 amide bonds. The van der Waals surface area contributed by atoms with Crippen molar-refractivity contribution < 1.29 is 8.42 Å². The van der Waals surface area contributed by atoms with Gasteiger partial charge in [0.25, 0.3) is 0 Å². The van der Waals surface area contributed by atoms with E-state index < -0.39 is 10.2 Å². The fourth-order valence-corrected chi connectivity index (χ4v) is 2.85. The molecule has 0 aliphatic heterocycles. The van der Waals surface area contributed by atoms with Crippen molar-refractivity contribution in [2.24, 2.45) is 0 Å². The zero-order valence-corrected chi connectivity index (χ0v) is 11.3. The molecule has 3 rings (SSSR count). The molecule has 0 bridgehead atoms. The van der Waals surface area contributed by atoms with Gasteiger partial charge in [0, 0.05) is 31.1 Å². The summed E-state index contributed by atoms with van der Waals surface area (Å²) >= 11 is 0. The van der Waals surface area contributed by atoms with Gasteiger partial charge in [0.15, 0.2) is 0 Å². The van der Waals surface area contributed by atoms with Crippen LogP contribution in [-0.2, 0) is 10.2 Å². The third-order valence-corrected chi connectivity index (χ3v) is 4.59. The second kappa shape index (κ2) is 4.01. The maximum Gasteiger partial charge on any atom is 0.323 e. The molecule has 0 aliphatic carbocycles. The lowest BCUT2D eigenvalue weighted by molar-refractivity contribution is 0.506. The number of pyridine rings is 1. The molecule has 19 heavy (non-hydrogen) atoms. The number of hydrogen-bond acceptors (Lipinski definition) is 4. The number of fused-ring (bicyclic) bond motifs is 3. The molecule has 0 saturated carbocycles. The van der Waals surface area contributed by atoms with Gasteiger partial charge in [-0.1, -0.05) is 24.3 Å². The third-order valence-electron chi connectivity index (χ3n) is 2.96. The van der Waals surface area contributed by atoms with Gasteiger partial charge >= 0.3 is 10.2 Å². The number of nitrogens with zero attached hydrogens (tertiary/aromatic N) is 4. The standard InChI is InChI=1S/C12H12N4O2S/c1-15(2)19(17,18)16-12-10-6-4-3-5-9(10)7-13-11(12)8-14-16/h3-8H,1-2H3. The Kier molecular flexibility index (Phi) is 2.54. The molecule has 0 spiro atoms. The highest BCUT2D eigenvalue weighted by Gasteiger charge is 2.21. The molecule has 0 aliphatic rings. The molecule has 0 unspecified atom stereocenters. The van der Waals surface area contributed by atoms with Crippen molar-refractivity contribution in [1.29, 1.82) is 0 Å². The average Bonchev–Trinajstić information content (AvgIpc) is 2.83. The molecular weight excluding hydrogens is 264 g/mol. The van der Waals surface area contributed by atoms with Gasteiger partial charge in [-0.25, -0.2) is 0 Å². The van der Waals surface area contributed by atoms with Gasteiger partial charge in [0.05, 0.1) is 6.20 Å². The largest absolute Gasteiger partial charge is 0.323 e. The van der Waals surface area contributed by atoms with E-state index in [1.165, 1.54) is 20.3 Å². The van der Waals surface area contributed by atoms with Crippen LogP contribution >= 0.6 is 0 Å². The van der Waals surface area contributed by atoms with E-state index in [0.29, 0.717) is 11.0 Å². The van der Waals surface area contributed by atoms with Crippen molar-refractivity contribution in [2.75, 3.05) is 14.1 Å². The zero-order valence-electron chi connectivity index (χ0n) is 10.5. The highest BCUT2D eigenvalue weighted by molar-refractivity contribution is 7.87. The molecule has 0 fully saturated rings. The van der Waals surface area contributed by atoms with Crippen LogP contribution in [0.3, 0.4) is 0 Å². The van der Waals surface area contributed by atoms with Gasteiger partial charge in [-0.15, -0.1) is 4.09 Å². The van der Waals surface area contributed by atoms with Crippen LogP contribution in [0.15, 0.2) is 36.7 Å². The van der Waals surface area contributed by atoms with Gasteiger partial charge in [-0.2, -0.15) is 17.8 Å². The van der Waals surface area contributed by atoms with Crippen molar-refractivity contribution in [3.8, 4) is 0 Å². The normalized spacial score (nSPS) is 12.6. The van der Waals surface area contributed by atoms with Crippen molar-refractivity contribution >= 4 is 32.0 Å². The summed E-state index contributed by atoms with van der Waals surface area (Å²) in [6.07, 6.45) is 3.18. The molecule has 0 atom stereocenters. The molecule has 2 aromatic heterocycles. The van der Waals surface area contributed by atoms with Crippen LogP contribution in [0.4, 0.5) is 0 Å². The summed E-state index contributed by atoms with van der Waals surface area (Å²) in [4.78, 5) is 4.24. The summed E-state index contributed by atoms with van der Waals surface area (Å²) < 4.78 is 26.7. The third kappa shape index (κ3) is 1.70. The van der Waals surface area contributed by atoms with Crippen molar-refractivity contribution in [2.45, 2.75) is 0 Å². The second-order valence-electron chi connectivity index (χ2n) is 4.36. The molecule has 3 aromatic rings. The van der Waals surface area contributed by atoms with Crippen LogP contribution in [0.1, 0.15) is 0 Å². The van der Waals surface area contributed by atoms with Gasteiger partial charge in [-0.3, -0.25) is 4.98 Å². The van der Waals surface area contributed by atoms with Crippen LogP contribution in [0.25, 0.3) is 21.8 Å². The average molecular weight is 276 g/mol. The molecule has 6 nitrogen and oxygen atoms in total. The van der Waals surface area contributed by atoms with E-state index >= 15 is 0 Å². The minimum atomic E-state index is -3.65. The summed E-state index contributed by atoms with van der Waals surface area (Å²) in [6.45, 7) is 0. The minimum Gasteiger partial charge on any atom is -0.252 e. The van der Waals surface area contributed by atoms with Crippen molar-refractivity contribution in [3.63, 3.8) is 0 Å². The molecule has 7 heteroatoms. The molecule has 0 radical (unpaired) electrons. The van der Waals surface area contributed by atoms with Crippen LogP contribution in [-0.4, -0.2) is 41.0 Å². The van der Waals surface area contributed by atoms with Gasteiger partial charge in [0.1, 0.15) is 11.0 Å². The highest BCUT2D eigenvalue weighted by Crippen LogP contribution is 2.24. The van der Waals surface area contributed by atoms with Crippen LogP contribution in [0, 0.1) is 0 Å². The summed E-state index contributed by atoms with van der Waals surface area (Å²) in [6, 6.07) is 7.50. The molecule has 2 heterocycles. The Bertz CT molecular complexity index is 868. The van der Waals surface area contributed by atoms with E-state index in [-0.39, 0.29) is 0 Å². The predicted molar refractivity (Wildman–Crippen MR) is 73.0 cm³/mol. The Morgan fingerprint density at radius 1 is 1.16 bits per heavy atom. The molecule has 1 aromatic carbocycles. The first-order valence-electron chi connectivity index (χ1n) is 5.66. The van der Waals surface area contributed by atoms with Crippen LogP contribution in [0.5, 0.6) is 0 Å². The second-order valence-corrected chi connectivity index (χ2v) is 6.33. The lowest BCUT2D eigenvalue weighted by atomic mass is 10.1. The molecule has 98 valence electrons. The highest BCUT2D eigenvalue weighted by atomic mass is 32.2. The smallest absolute Gasteiger partial charge is 0.252 e. The minimum absolute atomic E-state index is 0.506. The summed E-state index contributed by atoms with van der Waals surface area (Å²) in [5.74, 6) is 0. The maximum atomic E-state index is 12.2. The SMILES string of the molecule is CN(C)S(=O)(=O)n1ncc2ncc3ccccc3c21. The number of benzene rings is 1. The number of aromatic nitrogens is 3. The Morgan fingerprint density at radius 2 is 1.89 bits per heavy atom. The van der Waals surface area contributed by atoms with E-state index in [2.05, 4.69) is 10.1 Å². The Balaban J connectivity index is 2.49. The van der Waals surface area contributed by atoms with Gasteiger partial charge < -0.3 is 0 Å².